The standard InChI is InChI=1S/C49H39N5.CH5BO2/c1-49(2)42-19-10-9-18-40(42)41-29-47(44(50)30-43(41)49)54(51)39-26-24-34(25-27-39)37-16-11-17-38(28-37)46-31-45(52-48(53-46)36-14-7-4-8-15-36)35-22-20-33(21-23-35)32-12-5-3-6-13-32;1-2(3)4/h3-31H,50-51H2,1-2H3;3-4H,1H3. The molecule has 8 aromatic rings. The Bertz CT molecular complexity index is 2700. The average Bonchev–Trinajstić information content (AvgIpc) is 3.48. The predicted molar refractivity (Wildman–Crippen MR) is 240 cm³/mol. The van der Waals surface area contributed by atoms with Crippen molar-refractivity contribution >= 4 is 24.2 Å². The molecule has 0 amide bonds. The van der Waals surface area contributed by atoms with Gasteiger partial charge in [0.2, 0.25) is 0 Å². The fraction of sp³-hybridized carbons (Fsp3) is 0.0800. The zero-order valence-electron chi connectivity index (χ0n) is 32.7. The molecular formula is C50H44BN5O2. The van der Waals surface area contributed by atoms with Gasteiger partial charge in [0.25, 0.3) is 0 Å². The lowest BCUT2D eigenvalue weighted by Crippen LogP contribution is -2.26. The first-order valence-electron chi connectivity index (χ1n) is 19.3. The maximum Gasteiger partial charge on any atom is 0.448 e. The lowest BCUT2D eigenvalue weighted by atomic mass is 9.82. The van der Waals surface area contributed by atoms with Crippen molar-refractivity contribution < 1.29 is 10.0 Å². The highest BCUT2D eigenvalue weighted by Crippen LogP contribution is 2.51. The fourth-order valence-electron chi connectivity index (χ4n) is 7.70. The van der Waals surface area contributed by atoms with Gasteiger partial charge in [-0.1, -0.05) is 153 Å². The Morgan fingerprint density at radius 1 is 0.500 bits per heavy atom. The number of hydrogen-bond donors (Lipinski definition) is 4. The van der Waals surface area contributed by atoms with Crippen LogP contribution in [0.15, 0.2) is 176 Å². The molecule has 0 radical (unpaired) electrons. The molecule has 0 saturated carbocycles. The summed E-state index contributed by atoms with van der Waals surface area (Å²) in [5.74, 6) is 7.47. The summed E-state index contributed by atoms with van der Waals surface area (Å²) in [5, 5.41) is 16.9. The summed E-state index contributed by atoms with van der Waals surface area (Å²) in [7, 11) is -1.17. The Hall–Kier alpha value is -6.84. The summed E-state index contributed by atoms with van der Waals surface area (Å²) < 4.78 is 0. The number of nitrogens with two attached hydrogens (primary N) is 2. The molecule has 7 aromatic carbocycles. The summed E-state index contributed by atoms with van der Waals surface area (Å²) in [6.07, 6.45) is 0. The number of hydrogen-bond acceptors (Lipinski definition) is 7. The SMILES string of the molecule is CB(O)O.CC1(C)c2ccccc2-c2cc(N(N)c3ccc(-c4cccc(-c5cc(-c6ccc(-c7ccccc7)cc6)nc(-c6ccccc6)n5)c4)cc3)c(N)cc21. The third-order valence-corrected chi connectivity index (χ3v) is 10.7. The van der Waals surface area contributed by atoms with Crippen molar-refractivity contribution in [3.05, 3.63) is 187 Å². The maximum atomic E-state index is 7.61. The fourth-order valence-corrected chi connectivity index (χ4v) is 7.70. The van der Waals surface area contributed by atoms with Crippen LogP contribution in [-0.4, -0.2) is 27.1 Å². The van der Waals surface area contributed by atoms with Crippen LogP contribution in [0.3, 0.4) is 0 Å². The molecular weight excluding hydrogens is 713 g/mol. The molecule has 0 saturated heterocycles. The summed E-state index contributed by atoms with van der Waals surface area (Å²) in [6, 6.07) is 60.8. The maximum absolute atomic E-state index is 7.61. The molecule has 0 aliphatic heterocycles. The lowest BCUT2D eigenvalue weighted by molar-refractivity contribution is 0.417. The van der Waals surface area contributed by atoms with Crippen LogP contribution in [0.4, 0.5) is 17.1 Å². The van der Waals surface area contributed by atoms with Gasteiger partial charge in [-0.25, -0.2) is 15.8 Å². The van der Waals surface area contributed by atoms with Crippen LogP contribution < -0.4 is 16.6 Å². The van der Waals surface area contributed by atoms with E-state index in [0.29, 0.717) is 11.5 Å². The molecule has 0 atom stereocenters. The molecule has 0 fully saturated rings. The second-order valence-corrected chi connectivity index (χ2v) is 15.0. The zero-order valence-corrected chi connectivity index (χ0v) is 32.7. The Morgan fingerprint density at radius 3 is 1.67 bits per heavy atom. The van der Waals surface area contributed by atoms with Crippen LogP contribution in [0.1, 0.15) is 25.0 Å². The number of nitrogens with zero attached hydrogens (tertiary/aromatic N) is 3. The van der Waals surface area contributed by atoms with E-state index >= 15 is 0 Å². The molecule has 9 rings (SSSR count). The van der Waals surface area contributed by atoms with Crippen LogP contribution in [-0.2, 0) is 5.41 Å². The molecule has 7 nitrogen and oxygen atoms in total. The summed E-state index contributed by atoms with van der Waals surface area (Å²) in [6.45, 7) is 5.78. The third kappa shape index (κ3) is 7.64. The van der Waals surface area contributed by atoms with Crippen molar-refractivity contribution in [3.8, 4) is 67.3 Å². The van der Waals surface area contributed by atoms with E-state index in [1.54, 1.807) is 5.01 Å². The lowest BCUT2D eigenvalue weighted by Gasteiger charge is -2.25. The number of rotatable bonds is 7. The highest BCUT2D eigenvalue weighted by molar-refractivity contribution is 6.38. The van der Waals surface area contributed by atoms with Crippen molar-refractivity contribution in [1.82, 2.24) is 9.97 Å². The first-order valence-corrected chi connectivity index (χ1v) is 19.3. The van der Waals surface area contributed by atoms with E-state index in [-0.39, 0.29) is 5.41 Å². The van der Waals surface area contributed by atoms with Gasteiger partial charge in [0, 0.05) is 22.1 Å². The van der Waals surface area contributed by atoms with E-state index < -0.39 is 7.12 Å². The van der Waals surface area contributed by atoms with Crippen LogP contribution >= 0.6 is 0 Å². The molecule has 1 aliphatic carbocycles. The van der Waals surface area contributed by atoms with Gasteiger partial charge in [-0.3, -0.25) is 5.01 Å². The van der Waals surface area contributed by atoms with Gasteiger partial charge in [0.15, 0.2) is 5.82 Å². The van der Waals surface area contributed by atoms with Gasteiger partial charge in [0.1, 0.15) is 0 Å². The summed E-state index contributed by atoms with van der Waals surface area (Å²) >= 11 is 0. The number of nitrogen functional groups attached to an aromatic ring is 1. The van der Waals surface area contributed by atoms with Crippen LogP contribution in [0, 0.1) is 0 Å². The van der Waals surface area contributed by atoms with E-state index in [2.05, 4.69) is 153 Å². The van der Waals surface area contributed by atoms with Crippen molar-refractivity contribution in [3.63, 3.8) is 0 Å². The minimum Gasteiger partial charge on any atom is -0.427 e. The van der Waals surface area contributed by atoms with Gasteiger partial charge in [-0.15, -0.1) is 0 Å². The van der Waals surface area contributed by atoms with E-state index in [9.17, 15) is 0 Å². The van der Waals surface area contributed by atoms with Crippen molar-refractivity contribution in [2.24, 2.45) is 5.84 Å². The highest BCUT2D eigenvalue weighted by Gasteiger charge is 2.36. The van der Waals surface area contributed by atoms with Gasteiger partial charge in [0.05, 0.1) is 28.5 Å². The molecule has 284 valence electrons. The largest absolute Gasteiger partial charge is 0.448 e. The molecule has 1 aliphatic rings. The van der Waals surface area contributed by atoms with Gasteiger partial charge in [-0.05, 0) is 87.7 Å². The molecule has 1 heterocycles. The summed E-state index contributed by atoms with van der Waals surface area (Å²) in [4.78, 5) is 10.1. The van der Waals surface area contributed by atoms with Gasteiger partial charge >= 0.3 is 7.12 Å². The van der Waals surface area contributed by atoms with Crippen molar-refractivity contribution in [2.45, 2.75) is 26.1 Å². The number of benzene rings is 7. The first-order chi connectivity index (χ1) is 28.1. The second kappa shape index (κ2) is 16.0. The minimum absolute atomic E-state index is 0.126. The van der Waals surface area contributed by atoms with Crippen molar-refractivity contribution in [1.29, 1.82) is 0 Å². The Morgan fingerprint density at radius 2 is 1.00 bits per heavy atom. The number of aromatic nitrogens is 2. The molecule has 1 aromatic heterocycles. The Labute approximate surface area is 340 Å². The summed E-state index contributed by atoms with van der Waals surface area (Å²) in [5.41, 5.74) is 23.0. The van der Waals surface area contributed by atoms with Crippen LogP contribution in [0.2, 0.25) is 6.82 Å². The van der Waals surface area contributed by atoms with E-state index in [1.807, 2.05) is 36.4 Å². The second-order valence-electron chi connectivity index (χ2n) is 15.0. The highest BCUT2D eigenvalue weighted by atomic mass is 16.4. The number of fused-ring (bicyclic) bond motifs is 3. The average molecular weight is 758 g/mol. The third-order valence-electron chi connectivity index (χ3n) is 10.7. The smallest absolute Gasteiger partial charge is 0.427 e. The normalized spacial score (nSPS) is 12.2. The zero-order chi connectivity index (χ0) is 40.4. The molecule has 0 spiro atoms. The quantitative estimate of drug-likeness (QED) is 0.0553. The topological polar surface area (TPSA) is 122 Å². The van der Waals surface area contributed by atoms with E-state index in [1.165, 1.54) is 40.2 Å². The number of hydrazine groups is 1. The minimum atomic E-state index is -1.17. The van der Waals surface area contributed by atoms with Gasteiger partial charge in [-0.2, -0.15) is 0 Å². The number of anilines is 3. The van der Waals surface area contributed by atoms with Crippen LogP contribution in [0.25, 0.3) is 67.3 Å². The Kier molecular flexibility index (Phi) is 10.5. The molecule has 58 heavy (non-hydrogen) atoms. The molecule has 8 heteroatoms. The molecule has 0 bridgehead atoms. The molecule has 6 N–H and O–H groups in total. The van der Waals surface area contributed by atoms with Crippen molar-refractivity contribution in [2.75, 3.05) is 10.7 Å². The first kappa shape index (κ1) is 38.1. The monoisotopic (exact) mass is 757 g/mol. The molecule has 0 unspecified atom stereocenters. The van der Waals surface area contributed by atoms with Gasteiger partial charge < -0.3 is 15.8 Å². The van der Waals surface area contributed by atoms with E-state index in [0.717, 1.165) is 50.6 Å². The Balaban J connectivity index is 0.00000112. The van der Waals surface area contributed by atoms with E-state index in [4.69, 9.17) is 31.6 Å². The predicted octanol–water partition coefficient (Wildman–Crippen LogP) is 10.8. The van der Waals surface area contributed by atoms with Crippen LogP contribution in [0.5, 0.6) is 0 Å².